The van der Waals surface area contributed by atoms with Crippen molar-refractivity contribution in [2.45, 2.75) is 37.5 Å². The van der Waals surface area contributed by atoms with E-state index in [1.54, 1.807) is 30.1 Å². The average molecular weight is 426 g/mol. The second-order valence-electron chi connectivity index (χ2n) is 7.52. The molecule has 2 N–H and O–H groups in total. The Morgan fingerprint density at radius 1 is 1.29 bits per heavy atom. The summed E-state index contributed by atoms with van der Waals surface area (Å²) in [7, 11) is 1.70. The molecule has 1 aromatic heterocycles. The van der Waals surface area contributed by atoms with Crippen molar-refractivity contribution in [3.05, 3.63) is 48.0 Å². The highest BCUT2D eigenvalue weighted by molar-refractivity contribution is 6.04. The van der Waals surface area contributed by atoms with E-state index in [0.717, 1.165) is 0 Å². The number of carboxylic acid groups (broad SMARTS) is 1. The topological polar surface area (TPSA) is 131 Å². The first-order chi connectivity index (χ1) is 14.9. The molecule has 31 heavy (non-hydrogen) atoms. The van der Waals surface area contributed by atoms with E-state index in [1.165, 1.54) is 18.6 Å². The number of hydrogen-bond acceptors (Lipinski definition) is 7. The van der Waals surface area contributed by atoms with Crippen LogP contribution >= 0.6 is 0 Å². The molecule has 0 bridgehead atoms. The molecule has 2 amide bonds. The van der Waals surface area contributed by atoms with E-state index in [9.17, 15) is 14.4 Å². The summed E-state index contributed by atoms with van der Waals surface area (Å²) in [5.74, 6) is -1.25. The molecule has 2 aliphatic rings. The summed E-state index contributed by atoms with van der Waals surface area (Å²) in [5, 5.41) is 11.7. The number of aliphatic carboxylic acids is 1. The number of fused-ring (bicyclic) bond motifs is 2. The van der Waals surface area contributed by atoms with Crippen LogP contribution in [-0.2, 0) is 9.53 Å². The fourth-order valence-corrected chi connectivity index (χ4v) is 3.91. The van der Waals surface area contributed by atoms with Gasteiger partial charge in [0.25, 0.3) is 11.8 Å². The van der Waals surface area contributed by atoms with Gasteiger partial charge in [0.1, 0.15) is 24.2 Å². The molecule has 0 saturated carbocycles. The highest BCUT2D eigenvalue weighted by Gasteiger charge is 2.39. The van der Waals surface area contributed by atoms with Crippen LogP contribution in [0.2, 0.25) is 0 Å². The minimum Gasteiger partial charge on any atom is -0.490 e. The number of carboxylic acids is 1. The van der Waals surface area contributed by atoms with E-state index < -0.39 is 24.1 Å². The van der Waals surface area contributed by atoms with Gasteiger partial charge >= 0.3 is 5.97 Å². The monoisotopic (exact) mass is 426 g/mol. The van der Waals surface area contributed by atoms with Crippen LogP contribution in [0.1, 0.15) is 40.1 Å². The number of aromatic nitrogens is 2. The molecule has 2 aliphatic heterocycles. The number of hydrogen-bond donors (Lipinski definition) is 2. The van der Waals surface area contributed by atoms with E-state index >= 15 is 0 Å². The normalized spacial score (nSPS) is 22.9. The van der Waals surface area contributed by atoms with Crippen LogP contribution in [0, 0.1) is 0 Å². The predicted octanol–water partition coefficient (Wildman–Crippen LogP) is 1.58. The van der Waals surface area contributed by atoms with Gasteiger partial charge in [-0.2, -0.15) is 0 Å². The van der Waals surface area contributed by atoms with Crippen molar-refractivity contribution < 1.29 is 29.0 Å². The van der Waals surface area contributed by atoms with Crippen molar-refractivity contribution >= 4 is 23.5 Å². The van der Waals surface area contributed by atoms with Gasteiger partial charge in [0.2, 0.25) is 0 Å². The fourth-order valence-electron chi connectivity index (χ4n) is 3.91. The summed E-state index contributed by atoms with van der Waals surface area (Å²) < 4.78 is 11.8. The first-order valence-corrected chi connectivity index (χ1v) is 9.91. The SMILES string of the molecule is CN1C(=O)c2cc(NC(=O)c3cnccn3)ccc2OC[C@@H]2O[C@H](CC(=O)O)CC[C@@H]21. The van der Waals surface area contributed by atoms with Gasteiger partial charge in [0, 0.05) is 25.1 Å². The summed E-state index contributed by atoms with van der Waals surface area (Å²) >= 11 is 0. The van der Waals surface area contributed by atoms with Crippen molar-refractivity contribution in [1.82, 2.24) is 14.9 Å². The Hall–Kier alpha value is -3.53. The van der Waals surface area contributed by atoms with E-state index in [2.05, 4.69) is 15.3 Å². The van der Waals surface area contributed by atoms with E-state index in [4.69, 9.17) is 14.6 Å². The lowest BCUT2D eigenvalue weighted by Crippen LogP contribution is -2.53. The minimum absolute atomic E-state index is 0.0771. The highest BCUT2D eigenvalue weighted by Crippen LogP contribution is 2.32. The van der Waals surface area contributed by atoms with E-state index in [-0.39, 0.29) is 30.7 Å². The molecule has 10 heteroatoms. The van der Waals surface area contributed by atoms with Crippen LogP contribution in [0.15, 0.2) is 36.8 Å². The van der Waals surface area contributed by atoms with Crippen LogP contribution in [-0.4, -0.2) is 69.7 Å². The Balaban J connectivity index is 1.54. The fraction of sp³-hybridized carbons (Fsp3) is 0.381. The molecule has 1 saturated heterocycles. The van der Waals surface area contributed by atoms with Crippen LogP contribution < -0.4 is 10.1 Å². The Labute approximate surface area is 178 Å². The number of carbonyl (C=O) groups is 3. The summed E-state index contributed by atoms with van der Waals surface area (Å²) in [6.45, 7) is 0.191. The molecule has 4 rings (SSSR count). The molecular formula is C21H22N4O6. The number of anilines is 1. The molecule has 0 spiro atoms. The second-order valence-corrected chi connectivity index (χ2v) is 7.52. The van der Waals surface area contributed by atoms with Crippen molar-refractivity contribution in [2.75, 3.05) is 19.0 Å². The number of likely N-dealkylation sites (N-methyl/N-ethyl adjacent to an activating group) is 1. The molecule has 1 aromatic carbocycles. The standard InChI is InChI=1S/C21H22N4O6/c1-25-16-4-3-13(9-19(26)27)31-18(16)11-30-17-5-2-12(8-14(17)21(25)29)24-20(28)15-10-22-6-7-23-15/h2,5-8,10,13,16,18H,3-4,9,11H2,1H3,(H,24,28)(H,26,27)/t13-,16-,18-/m0/s1. The first kappa shape index (κ1) is 20.7. The lowest BCUT2D eigenvalue weighted by atomic mass is 9.94. The minimum atomic E-state index is -0.916. The number of nitrogens with one attached hydrogen (secondary N) is 1. The summed E-state index contributed by atoms with van der Waals surface area (Å²) in [4.78, 5) is 46.0. The van der Waals surface area contributed by atoms with Crippen LogP contribution in [0.25, 0.3) is 0 Å². The van der Waals surface area contributed by atoms with Crippen molar-refractivity contribution in [2.24, 2.45) is 0 Å². The molecule has 3 atom stereocenters. The number of amides is 2. The average Bonchev–Trinajstić information content (AvgIpc) is 2.77. The third-order valence-corrected chi connectivity index (χ3v) is 5.47. The zero-order chi connectivity index (χ0) is 22.0. The van der Waals surface area contributed by atoms with Gasteiger partial charge in [-0.05, 0) is 31.0 Å². The summed E-state index contributed by atoms with van der Waals surface area (Å²) in [5.41, 5.74) is 0.913. The molecule has 0 unspecified atom stereocenters. The van der Waals surface area contributed by atoms with Crippen LogP contribution in [0.4, 0.5) is 5.69 Å². The molecule has 10 nitrogen and oxygen atoms in total. The Morgan fingerprint density at radius 3 is 2.87 bits per heavy atom. The van der Waals surface area contributed by atoms with Crippen molar-refractivity contribution in [1.29, 1.82) is 0 Å². The maximum Gasteiger partial charge on any atom is 0.305 e. The zero-order valence-corrected chi connectivity index (χ0v) is 16.9. The van der Waals surface area contributed by atoms with Gasteiger partial charge in [-0.1, -0.05) is 0 Å². The van der Waals surface area contributed by atoms with Gasteiger partial charge in [-0.3, -0.25) is 19.4 Å². The van der Waals surface area contributed by atoms with Crippen LogP contribution in [0.5, 0.6) is 5.75 Å². The molecule has 3 heterocycles. The number of carbonyl (C=O) groups excluding carboxylic acids is 2. The molecule has 162 valence electrons. The lowest BCUT2D eigenvalue weighted by Gasteiger charge is -2.42. The third-order valence-electron chi connectivity index (χ3n) is 5.47. The first-order valence-electron chi connectivity index (χ1n) is 9.91. The van der Waals surface area contributed by atoms with Gasteiger partial charge in [-0.25, -0.2) is 4.98 Å². The summed E-state index contributed by atoms with van der Waals surface area (Å²) in [6.07, 6.45) is 4.52. The maximum absolute atomic E-state index is 13.2. The third kappa shape index (κ3) is 4.48. The molecule has 0 aliphatic carbocycles. The molecule has 1 fully saturated rings. The summed E-state index contributed by atoms with van der Waals surface area (Å²) in [6, 6.07) is 4.59. The highest BCUT2D eigenvalue weighted by atomic mass is 16.5. The molecule has 2 aromatic rings. The van der Waals surface area contributed by atoms with Gasteiger partial charge in [0.15, 0.2) is 0 Å². The van der Waals surface area contributed by atoms with E-state index in [1.807, 2.05) is 0 Å². The van der Waals surface area contributed by atoms with Gasteiger partial charge < -0.3 is 24.8 Å². The van der Waals surface area contributed by atoms with Gasteiger partial charge in [0.05, 0.1) is 30.3 Å². The Bertz CT molecular complexity index is 999. The number of nitrogens with zero attached hydrogens (tertiary/aromatic N) is 3. The number of rotatable bonds is 4. The Morgan fingerprint density at radius 2 is 2.13 bits per heavy atom. The zero-order valence-electron chi connectivity index (χ0n) is 16.9. The van der Waals surface area contributed by atoms with Gasteiger partial charge in [-0.15, -0.1) is 0 Å². The Kier molecular flexibility index (Phi) is 5.81. The smallest absolute Gasteiger partial charge is 0.305 e. The van der Waals surface area contributed by atoms with E-state index in [0.29, 0.717) is 29.8 Å². The predicted molar refractivity (Wildman–Crippen MR) is 108 cm³/mol. The van der Waals surface area contributed by atoms with Crippen LogP contribution in [0.3, 0.4) is 0 Å². The molecular weight excluding hydrogens is 404 g/mol. The largest absolute Gasteiger partial charge is 0.490 e. The maximum atomic E-state index is 13.2. The lowest BCUT2D eigenvalue weighted by molar-refractivity contribution is -0.148. The number of benzene rings is 1. The molecule has 0 radical (unpaired) electrons. The van der Waals surface area contributed by atoms with Crippen molar-refractivity contribution in [3.63, 3.8) is 0 Å². The second kappa shape index (κ2) is 8.68. The number of ether oxygens (including phenoxy) is 2. The quantitative estimate of drug-likeness (QED) is 0.754. The van der Waals surface area contributed by atoms with Crippen molar-refractivity contribution in [3.8, 4) is 5.75 Å².